The normalized spacial score (nSPS) is 13.1. The van der Waals surface area contributed by atoms with Crippen LogP contribution in [0.3, 0.4) is 0 Å². The van der Waals surface area contributed by atoms with Crippen molar-refractivity contribution in [2.24, 2.45) is 5.73 Å². The zero-order valence-corrected chi connectivity index (χ0v) is 26.7. The number of quaternary nitrogens is 1. The highest BCUT2D eigenvalue weighted by Crippen LogP contribution is 2.44. The van der Waals surface area contributed by atoms with Crippen LogP contribution in [0.25, 0.3) is 0 Å². The molecule has 3 rings (SSSR count). The number of aromatic hydroxyl groups is 1. The van der Waals surface area contributed by atoms with Crippen molar-refractivity contribution < 1.29 is 58.3 Å². The van der Waals surface area contributed by atoms with Crippen LogP contribution in [-0.4, -0.2) is 77.1 Å². The number of nitrogens with one attached hydrogen (secondary N) is 1. The lowest BCUT2D eigenvalue weighted by Crippen LogP contribution is -2.58. The summed E-state index contributed by atoms with van der Waals surface area (Å²) in [5.74, 6) is -9.05. The molecule has 0 aliphatic rings. The molecule has 6 N–H and O–H groups in total. The van der Waals surface area contributed by atoms with E-state index in [0.717, 1.165) is 36.9 Å². The smallest absolute Gasteiger partial charge is 0.507 e. The molecule has 2 unspecified atom stereocenters. The Morgan fingerprint density at radius 3 is 2.24 bits per heavy atom. The van der Waals surface area contributed by atoms with E-state index in [4.69, 9.17) is 19.9 Å². The first-order valence-electron chi connectivity index (χ1n) is 14.8. The Bertz CT molecular complexity index is 1740. The maximum atomic E-state index is 13.9. The zero-order chi connectivity index (χ0) is 36.3. The number of aliphatic carboxylic acids is 1. The highest BCUT2D eigenvalue weighted by molar-refractivity contribution is 6.41. The number of rotatable bonds is 14. The molecule has 0 saturated carbocycles. The van der Waals surface area contributed by atoms with Gasteiger partial charge in [0.2, 0.25) is 5.91 Å². The maximum absolute atomic E-state index is 13.9. The molecule has 0 aliphatic heterocycles. The highest BCUT2D eigenvalue weighted by atomic mass is 16.6. The number of nitrogens with two attached hydrogens (primary N) is 1. The number of nitrogens with zero attached hydrogens (tertiary/aromatic N) is 1. The number of phenolic OH excluding ortho intramolecular Hbond substituents is 1. The van der Waals surface area contributed by atoms with E-state index in [1.54, 1.807) is 37.3 Å². The van der Waals surface area contributed by atoms with Crippen molar-refractivity contribution in [1.82, 2.24) is 9.80 Å². The average molecular weight is 679 g/mol. The topological polar surface area (TPSA) is 229 Å². The van der Waals surface area contributed by atoms with Crippen molar-refractivity contribution in [3.8, 4) is 11.5 Å². The minimum Gasteiger partial charge on any atom is -0.507 e. The van der Waals surface area contributed by atoms with Crippen LogP contribution in [0.1, 0.15) is 46.0 Å². The lowest BCUT2D eigenvalue weighted by molar-refractivity contribution is -0.153. The van der Waals surface area contributed by atoms with E-state index in [2.05, 4.69) is 11.9 Å². The van der Waals surface area contributed by atoms with Crippen LogP contribution in [0.4, 0.5) is 16.2 Å². The Hall–Kier alpha value is -6.06. The van der Waals surface area contributed by atoms with E-state index < -0.39 is 93.2 Å². The predicted octanol–water partition coefficient (Wildman–Crippen LogP) is 3.64. The second kappa shape index (κ2) is 16.7. The van der Waals surface area contributed by atoms with Crippen LogP contribution in [0.15, 0.2) is 79.4 Å². The Kier molecular flexibility index (Phi) is 12.7. The molecule has 3 amide bonds. The Morgan fingerprint density at radius 1 is 1.00 bits per heavy atom. The molecule has 0 fully saturated rings. The third-order valence-electron chi connectivity index (χ3n) is 7.18. The molecule has 3 aromatic carbocycles. The molecule has 15 heteroatoms. The van der Waals surface area contributed by atoms with Gasteiger partial charge in [0.05, 0.1) is 13.2 Å². The summed E-state index contributed by atoms with van der Waals surface area (Å²) in [6.45, 7) is 4.65. The fourth-order valence-corrected chi connectivity index (χ4v) is 4.95. The van der Waals surface area contributed by atoms with Gasteiger partial charge in [0.25, 0.3) is 0 Å². The van der Waals surface area contributed by atoms with Crippen LogP contribution >= 0.6 is 0 Å². The van der Waals surface area contributed by atoms with Crippen LogP contribution in [0, 0.1) is 0 Å². The first kappa shape index (κ1) is 37.4. The number of carboxylic acids is 2. The van der Waals surface area contributed by atoms with Crippen LogP contribution in [-0.2, 0) is 30.3 Å². The van der Waals surface area contributed by atoms with E-state index in [1.807, 2.05) is 0 Å². The largest absolute Gasteiger partial charge is 0.535 e. The number of imide groups is 1. The van der Waals surface area contributed by atoms with Gasteiger partial charge < -0.3 is 40.6 Å². The monoisotopic (exact) mass is 678 g/mol. The van der Waals surface area contributed by atoms with Gasteiger partial charge >= 0.3 is 29.9 Å². The van der Waals surface area contributed by atoms with Gasteiger partial charge in [-0.05, 0) is 18.1 Å². The molecular formula is C34H36N3O12+. The summed E-state index contributed by atoms with van der Waals surface area (Å²) in [5, 5.41) is 33.8. The summed E-state index contributed by atoms with van der Waals surface area (Å²) < 4.78 is 13.9. The van der Waals surface area contributed by atoms with Gasteiger partial charge in [-0.15, -0.1) is 0 Å². The first-order chi connectivity index (χ1) is 23.3. The fraction of sp³-hybridized carbons (Fsp3) is 0.235. The number of hydrogen-bond donors (Lipinski definition) is 5. The molecule has 0 aromatic heterocycles. The van der Waals surface area contributed by atoms with Crippen molar-refractivity contribution in [3.63, 3.8) is 0 Å². The van der Waals surface area contributed by atoms with Gasteiger partial charge in [0, 0.05) is 24.6 Å². The number of para-hydroxylation sites is 1. The Balaban J connectivity index is 2.29. The number of esters is 1. The number of carbonyl (C=O) groups is 6. The van der Waals surface area contributed by atoms with Crippen molar-refractivity contribution in [2.45, 2.75) is 38.5 Å². The molecule has 15 nitrogen and oxygen atoms in total. The van der Waals surface area contributed by atoms with E-state index >= 15 is 0 Å². The van der Waals surface area contributed by atoms with Crippen LogP contribution in [0.5, 0.6) is 11.5 Å². The number of hydrogen-bond acceptors (Lipinski definition) is 11. The summed E-state index contributed by atoms with van der Waals surface area (Å²) in [6, 6.07) is 14.0. The highest BCUT2D eigenvalue weighted by Gasteiger charge is 2.57. The second-order valence-electron chi connectivity index (χ2n) is 10.5. The van der Waals surface area contributed by atoms with E-state index in [0.29, 0.717) is 12.5 Å². The Labute approximate surface area is 280 Å². The number of methoxy groups -OCH3 is 1. The van der Waals surface area contributed by atoms with E-state index in [9.17, 15) is 44.1 Å². The molecule has 0 bridgehead atoms. The third-order valence-corrected chi connectivity index (χ3v) is 7.18. The van der Waals surface area contributed by atoms with Gasteiger partial charge in [-0.1, -0.05) is 72.9 Å². The molecule has 0 radical (unpaired) electrons. The van der Waals surface area contributed by atoms with Crippen molar-refractivity contribution in [2.75, 3.05) is 13.7 Å². The molecule has 3 atom stereocenters. The predicted molar refractivity (Wildman–Crippen MR) is 174 cm³/mol. The number of carboxylic acid groups (broad SMARTS) is 2. The zero-order valence-electron chi connectivity index (χ0n) is 26.7. The van der Waals surface area contributed by atoms with Crippen molar-refractivity contribution >= 4 is 47.2 Å². The van der Waals surface area contributed by atoms with Gasteiger partial charge in [-0.25, -0.2) is 19.2 Å². The second-order valence-corrected chi connectivity index (χ2v) is 10.5. The number of phenols is 1. The maximum Gasteiger partial charge on any atom is 0.535 e. The molecule has 258 valence electrons. The van der Waals surface area contributed by atoms with E-state index in [-0.39, 0.29) is 12.8 Å². The lowest BCUT2D eigenvalue weighted by atomic mass is 10.0. The van der Waals surface area contributed by atoms with E-state index in [1.165, 1.54) is 12.1 Å². The average Bonchev–Trinajstić information content (AvgIpc) is 3.07. The van der Waals surface area contributed by atoms with Gasteiger partial charge in [-0.3, -0.25) is 4.79 Å². The number of benzene rings is 3. The van der Waals surface area contributed by atoms with Crippen LogP contribution < -0.4 is 20.3 Å². The molecule has 0 spiro atoms. The summed E-state index contributed by atoms with van der Waals surface area (Å²) in [6.07, 6.45) is -1.01. The van der Waals surface area contributed by atoms with Crippen molar-refractivity contribution in [1.29, 1.82) is 0 Å². The minimum atomic E-state index is -2.18. The summed E-state index contributed by atoms with van der Waals surface area (Å²) in [4.78, 5) is 78.3. The molecule has 0 aliphatic carbocycles. The quantitative estimate of drug-likeness (QED) is 0.0540. The third kappa shape index (κ3) is 8.27. The molecule has 0 heterocycles. The minimum absolute atomic E-state index is 0.118. The summed E-state index contributed by atoms with van der Waals surface area (Å²) in [5.41, 5.74) is 4.26. The Morgan fingerprint density at radius 2 is 1.65 bits per heavy atom. The number of ether oxygens (including phenoxy) is 3. The first-order valence-corrected chi connectivity index (χ1v) is 14.8. The lowest BCUT2D eigenvalue weighted by Gasteiger charge is -2.31. The molecule has 49 heavy (non-hydrogen) atoms. The number of aromatic carboxylic acids is 1. The number of amides is 3. The summed E-state index contributed by atoms with van der Waals surface area (Å²) >= 11 is 0. The standard InChI is InChI=1S/C34H35N3O12/c1-4-11-27(36-29(39)23(35)17-20-12-7-6-8-13-20)49-26-19-21(18-25(38)28(26)33(45)47-3)37(30(40)32(43)44,34(46)48-16-5-2)24-15-10-9-14-22(24)31(41)42/h5-10,12-15,18-19,23,27H,2,4,11,16-17,35H2,1,3H3,(H3-,36,38,39,41,42,43,44,45)/p+1/t23-,27?,37?/m0/s1. The molecule has 0 saturated heterocycles. The molecule has 3 aromatic rings. The summed E-state index contributed by atoms with van der Waals surface area (Å²) in [7, 11) is 0.997. The van der Waals surface area contributed by atoms with Gasteiger partial charge in [-0.2, -0.15) is 4.79 Å². The van der Waals surface area contributed by atoms with Gasteiger partial charge in [0.1, 0.15) is 29.2 Å². The van der Waals surface area contributed by atoms with Crippen molar-refractivity contribution in [3.05, 3.63) is 96.1 Å². The van der Waals surface area contributed by atoms with Gasteiger partial charge in [0.15, 0.2) is 17.6 Å². The fourth-order valence-electron chi connectivity index (χ4n) is 4.95. The molecular weight excluding hydrogens is 642 g/mol. The van der Waals surface area contributed by atoms with Crippen LogP contribution in [0.2, 0.25) is 0 Å². The number of carbonyl (C=O) groups excluding carboxylic acids is 4. The SMILES string of the molecule is C=CCOC(=O)[N+](C(=O)C(=O)O)(c1cc(O)c(C(=O)OC)c(OC(CCC)NC(=O)[C@@H](N)Cc2ccccc2)c1)c1ccccc1C(=O)O.